The molecule has 0 radical (unpaired) electrons. The molecule has 1 amide bonds. The zero-order chi connectivity index (χ0) is 21.5. The van der Waals surface area contributed by atoms with Gasteiger partial charge in [0.2, 0.25) is 5.91 Å². The normalized spacial score (nSPS) is 16.3. The van der Waals surface area contributed by atoms with E-state index >= 15 is 0 Å². The topological polar surface area (TPSA) is 60.2 Å². The lowest BCUT2D eigenvalue weighted by molar-refractivity contribution is -0.134. The number of carbonyl (C=O) groups excluding carboxylic acids is 1. The molecule has 1 aliphatic heterocycles. The number of rotatable bonds is 6. The highest BCUT2D eigenvalue weighted by Crippen LogP contribution is 2.26. The van der Waals surface area contributed by atoms with Crippen molar-refractivity contribution in [2.45, 2.75) is 18.4 Å². The van der Waals surface area contributed by atoms with Crippen LogP contribution in [0.1, 0.15) is 28.7 Å². The third kappa shape index (κ3) is 4.99. The SMILES string of the molecule is N#CC(c1cccnc1)N1CCN(C(=O)C(Cc2ccccc2)c2ccccc2)CC1. The van der Waals surface area contributed by atoms with Crippen molar-refractivity contribution in [3.8, 4) is 6.07 Å². The summed E-state index contributed by atoms with van der Waals surface area (Å²) in [6.07, 6.45) is 4.14. The molecule has 2 atom stereocenters. The average molecular weight is 411 g/mol. The van der Waals surface area contributed by atoms with Crippen LogP contribution in [-0.2, 0) is 11.2 Å². The van der Waals surface area contributed by atoms with Gasteiger partial charge in [-0.2, -0.15) is 5.26 Å². The fourth-order valence-electron chi connectivity index (χ4n) is 4.21. The van der Waals surface area contributed by atoms with Gasteiger partial charge in [-0.25, -0.2) is 0 Å². The molecule has 0 saturated carbocycles. The highest BCUT2D eigenvalue weighted by molar-refractivity contribution is 5.84. The maximum Gasteiger partial charge on any atom is 0.230 e. The van der Waals surface area contributed by atoms with Gasteiger partial charge in [-0.3, -0.25) is 14.7 Å². The van der Waals surface area contributed by atoms with Crippen molar-refractivity contribution in [3.05, 3.63) is 102 Å². The molecule has 4 rings (SSSR count). The average Bonchev–Trinajstić information content (AvgIpc) is 2.85. The Morgan fingerprint density at radius 1 is 0.903 bits per heavy atom. The lowest BCUT2D eigenvalue weighted by Crippen LogP contribution is -2.50. The van der Waals surface area contributed by atoms with Crippen LogP contribution in [0.15, 0.2) is 85.2 Å². The van der Waals surface area contributed by atoms with E-state index in [0.717, 1.165) is 16.7 Å². The minimum atomic E-state index is -0.333. The third-order valence-electron chi connectivity index (χ3n) is 5.90. The Morgan fingerprint density at radius 2 is 1.55 bits per heavy atom. The van der Waals surface area contributed by atoms with E-state index < -0.39 is 0 Å². The van der Waals surface area contributed by atoms with Crippen molar-refractivity contribution in [2.75, 3.05) is 26.2 Å². The zero-order valence-electron chi connectivity index (χ0n) is 17.5. The van der Waals surface area contributed by atoms with Crippen LogP contribution in [0.5, 0.6) is 0 Å². The molecule has 5 heteroatoms. The molecular formula is C26H26N4O. The maximum absolute atomic E-state index is 13.6. The quantitative estimate of drug-likeness (QED) is 0.620. The smallest absolute Gasteiger partial charge is 0.230 e. The summed E-state index contributed by atoms with van der Waals surface area (Å²) in [6, 6.07) is 26.1. The predicted octanol–water partition coefficient (Wildman–Crippen LogP) is 3.82. The molecule has 0 N–H and O–H groups in total. The summed E-state index contributed by atoms with van der Waals surface area (Å²) in [5.41, 5.74) is 3.10. The second kappa shape index (κ2) is 10.0. The molecule has 0 aliphatic carbocycles. The number of aromatic nitrogens is 1. The van der Waals surface area contributed by atoms with Crippen LogP contribution in [0.25, 0.3) is 0 Å². The fraction of sp³-hybridized carbons (Fsp3) is 0.269. The van der Waals surface area contributed by atoms with Gasteiger partial charge in [-0.15, -0.1) is 0 Å². The minimum absolute atomic E-state index is 0.157. The number of nitrogens with zero attached hydrogens (tertiary/aromatic N) is 4. The summed E-state index contributed by atoms with van der Waals surface area (Å²) in [6.45, 7) is 2.59. The summed E-state index contributed by atoms with van der Waals surface area (Å²) in [4.78, 5) is 21.8. The van der Waals surface area contributed by atoms with Gasteiger partial charge in [-0.05, 0) is 23.6 Å². The molecule has 5 nitrogen and oxygen atoms in total. The van der Waals surface area contributed by atoms with Crippen molar-refractivity contribution >= 4 is 5.91 Å². The summed E-state index contributed by atoms with van der Waals surface area (Å²) in [7, 11) is 0. The molecule has 31 heavy (non-hydrogen) atoms. The monoisotopic (exact) mass is 410 g/mol. The number of hydrogen-bond acceptors (Lipinski definition) is 4. The summed E-state index contributed by atoms with van der Waals surface area (Å²) in [5, 5.41) is 9.71. The van der Waals surface area contributed by atoms with Crippen molar-refractivity contribution in [1.82, 2.24) is 14.8 Å². The molecule has 1 aliphatic rings. The Labute approximate surface area is 183 Å². The van der Waals surface area contributed by atoms with E-state index in [1.807, 2.05) is 65.6 Å². The highest BCUT2D eigenvalue weighted by Gasteiger charge is 2.31. The predicted molar refractivity (Wildman–Crippen MR) is 120 cm³/mol. The van der Waals surface area contributed by atoms with E-state index in [1.54, 1.807) is 12.4 Å². The Bertz CT molecular complexity index is 1010. The number of benzene rings is 2. The first-order valence-corrected chi connectivity index (χ1v) is 10.7. The van der Waals surface area contributed by atoms with Gasteiger partial charge in [0.25, 0.3) is 0 Å². The molecule has 0 spiro atoms. The summed E-state index contributed by atoms with van der Waals surface area (Å²) >= 11 is 0. The van der Waals surface area contributed by atoms with Crippen molar-refractivity contribution in [1.29, 1.82) is 5.26 Å². The van der Waals surface area contributed by atoms with Crippen LogP contribution >= 0.6 is 0 Å². The Morgan fingerprint density at radius 3 is 2.16 bits per heavy atom. The first-order chi connectivity index (χ1) is 15.3. The van der Waals surface area contributed by atoms with Gasteiger partial charge < -0.3 is 4.90 Å². The number of carbonyl (C=O) groups is 1. The minimum Gasteiger partial charge on any atom is -0.340 e. The van der Waals surface area contributed by atoms with Gasteiger partial charge in [0.05, 0.1) is 12.0 Å². The van der Waals surface area contributed by atoms with Crippen molar-refractivity contribution in [3.63, 3.8) is 0 Å². The molecular weight excluding hydrogens is 384 g/mol. The number of hydrogen-bond donors (Lipinski definition) is 0. The molecule has 0 bridgehead atoms. The van der Waals surface area contributed by atoms with Crippen LogP contribution in [0.3, 0.4) is 0 Å². The maximum atomic E-state index is 13.6. The fourth-order valence-corrected chi connectivity index (χ4v) is 4.21. The highest BCUT2D eigenvalue weighted by atomic mass is 16.2. The van der Waals surface area contributed by atoms with Gasteiger partial charge in [0.1, 0.15) is 6.04 Å². The molecule has 2 unspecified atom stereocenters. The summed E-state index contributed by atoms with van der Waals surface area (Å²) in [5.74, 6) is -0.0511. The first-order valence-electron chi connectivity index (χ1n) is 10.7. The van der Waals surface area contributed by atoms with E-state index in [1.165, 1.54) is 0 Å². The van der Waals surface area contributed by atoms with E-state index in [-0.39, 0.29) is 17.9 Å². The van der Waals surface area contributed by atoms with Crippen molar-refractivity contribution < 1.29 is 4.79 Å². The number of pyridine rings is 1. The Balaban J connectivity index is 1.47. The number of amides is 1. The van der Waals surface area contributed by atoms with E-state index in [9.17, 15) is 10.1 Å². The lowest BCUT2D eigenvalue weighted by atomic mass is 9.90. The van der Waals surface area contributed by atoms with Gasteiger partial charge in [0.15, 0.2) is 0 Å². The summed E-state index contributed by atoms with van der Waals surface area (Å²) < 4.78 is 0. The second-order valence-corrected chi connectivity index (χ2v) is 7.83. The zero-order valence-corrected chi connectivity index (χ0v) is 17.5. The van der Waals surface area contributed by atoms with Gasteiger partial charge in [-0.1, -0.05) is 66.7 Å². The van der Waals surface area contributed by atoms with Gasteiger partial charge in [0, 0.05) is 44.1 Å². The molecule has 1 saturated heterocycles. The number of piperazine rings is 1. The van der Waals surface area contributed by atoms with Crippen LogP contribution in [0, 0.1) is 11.3 Å². The molecule has 2 heterocycles. The van der Waals surface area contributed by atoms with E-state index in [2.05, 4.69) is 28.1 Å². The van der Waals surface area contributed by atoms with Crippen LogP contribution in [0.2, 0.25) is 0 Å². The van der Waals surface area contributed by atoms with Crippen LogP contribution in [-0.4, -0.2) is 46.9 Å². The Kier molecular flexibility index (Phi) is 6.71. The molecule has 1 aromatic heterocycles. The van der Waals surface area contributed by atoms with Crippen molar-refractivity contribution in [2.24, 2.45) is 0 Å². The van der Waals surface area contributed by atoms with E-state index in [0.29, 0.717) is 32.6 Å². The molecule has 3 aromatic rings. The third-order valence-corrected chi connectivity index (χ3v) is 5.90. The lowest BCUT2D eigenvalue weighted by Gasteiger charge is -2.38. The largest absolute Gasteiger partial charge is 0.340 e. The Hall–Kier alpha value is -3.49. The van der Waals surface area contributed by atoms with Gasteiger partial charge >= 0.3 is 0 Å². The molecule has 156 valence electrons. The van der Waals surface area contributed by atoms with Crippen LogP contribution in [0.4, 0.5) is 0 Å². The second-order valence-electron chi connectivity index (χ2n) is 7.83. The van der Waals surface area contributed by atoms with Crippen LogP contribution < -0.4 is 0 Å². The van der Waals surface area contributed by atoms with E-state index in [4.69, 9.17) is 0 Å². The standard InChI is InChI=1S/C26H26N4O/c27-19-25(23-12-7-13-28-20-23)29-14-16-30(17-15-29)26(31)24(22-10-5-2-6-11-22)18-21-8-3-1-4-9-21/h1-13,20,24-25H,14-18H2. The molecule has 2 aromatic carbocycles. The molecule has 1 fully saturated rings. The number of nitriles is 1. The first kappa shape index (κ1) is 20.8.